The lowest BCUT2D eigenvalue weighted by Crippen LogP contribution is -2.17. The minimum absolute atomic E-state index is 0.0576. The first-order valence-electron chi connectivity index (χ1n) is 5.49. The summed E-state index contributed by atoms with van der Waals surface area (Å²) in [7, 11) is 1.27. The Morgan fingerprint density at radius 2 is 2.05 bits per heavy atom. The highest BCUT2D eigenvalue weighted by atomic mass is 35.5. The number of aromatic amines is 1. The van der Waals surface area contributed by atoms with Gasteiger partial charge >= 0.3 is 6.36 Å². The Morgan fingerprint density at radius 1 is 1.33 bits per heavy atom. The van der Waals surface area contributed by atoms with Crippen molar-refractivity contribution in [2.75, 3.05) is 7.11 Å². The Balaban J connectivity index is 2.45. The summed E-state index contributed by atoms with van der Waals surface area (Å²) in [6, 6.07) is 3.41. The van der Waals surface area contributed by atoms with Crippen molar-refractivity contribution in [1.82, 2.24) is 9.97 Å². The number of hydrogen-bond acceptors (Lipinski definition) is 4. The first-order valence-corrected chi connectivity index (χ1v) is 5.87. The second-order valence-corrected chi connectivity index (χ2v) is 4.23. The fourth-order valence-corrected chi connectivity index (χ4v) is 1.68. The summed E-state index contributed by atoms with van der Waals surface area (Å²) < 4.78 is 45.2. The second kappa shape index (κ2) is 5.65. The summed E-state index contributed by atoms with van der Waals surface area (Å²) >= 11 is 5.56. The van der Waals surface area contributed by atoms with Gasteiger partial charge in [-0.3, -0.25) is 4.79 Å². The van der Waals surface area contributed by atoms with Crippen molar-refractivity contribution in [3.05, 3.63) is 39.8 Å². The van der Waals surface area contributed by atoms with Crippen LogP contribution in [0, 0.1) is 0 Å². The highest BCUT2D eigenvalue weighted by Crippen LogP contribution is 2.33. The molecule has 1 N–H and O–H groups in total. The fourth-order valence-electron chi connectivity index (χ4n) is 1.58. The largest absolute Gasteiger partial charge is 0.573 e. The molecule has 0 unspecified atom stereocenters. The summed E-state index contributed by atoms with van der Waals surface area (Å²) in [5, 5.41) is -0.102. The van der Waals surface area contributed by atoms with Gasteiger partial charge in [-0.2, -0.15) is 0 Å². The van der Waals surface area contributed by atoms with Crippen molar-refractivity contribution < 1.29 is 22.6 Å². The Kier molecular flexibility index (Phi) is 4.08. The molecule has 21 heavy (non-hydrogen) atoms. The molecular weight excluding hydrogens is 313 g/mol. The molecule has 5 nitrogen and oxygen atoms in total. The number of rotatable bonds is 3. The summed E-state index contributed by atoms with van der Waals surface area (Å²) in [4.78, 5) is 17.7. The van der Waals surface area contributed by atoms with Gasteiger partial charge in [-0.15, -0.1) is 13.2 Å². The first kappa shape index (κ1) is 15.2. The van der Waals surface area contributed by atoms with Crippen LogP contribution in [0.25, 0.3) is 11.4 Å². The fraction of sp³-hybridized carbons (Fsp3) is 0.167. The van der Waals surface area contributed by atoms with Crippen molar-refractivity contribution in [2.45, 2.75) is 6.36 Å². The third-order valence-electron chi connectivity index (χ3n) is 2.42. The van der Waals surface area contributed by atoms with Crippen LogP contribution in [0.3, 0.4) is 0 Å². The molecule has 0 atom stereocenters. The Hall–Kier alpha value is -2.22. The zero-order valence-corrected chi connectivity index (χ0v) is 11.2. The second-order valence-electron chi connectivity index (χ2n) is 3.82. The lowest BCUT2D eigenvalue weighted by atomic mass is 10.1. The number of ether oxygens (including phenoxy) is 2. The van der Waals surface area contributed by atoms with Crippen molar-refractivity contribution >= 4 is 11.6 Å². The van der Waals surface area contributed by atoms with Gasteiger partial charge in [-0.25, -0.2) is 4.98 Å². The van der Waals surface area contributed by atoms with Gasteiger partial charge in [0, 0.05) is 6.07 Å². The molecule has 1 aromatic carbocycles. The van der Waals surface area contributed by atoms with E-state index < -0.39 is 17.7 Å². The smallest absolute Gasteiger partial charge is 0.496 e. The van der Waals surface area contributed by atoms with Crippen LogP contribution < -0.4 is 15.0 Å². The number of hydrogen-bond donors (Lipinski definition) is 1. The number of nitrogens with zero attached hydrogens (tertiary/aromatic N) is 1. The number of alkyl halides is 3. The maximum absolute atomic E-state index is 12.2. The third-order valence-corrected chi connectivity index (χ3v) is 2.69. The molecule has 0 fully saturated rings. The number of methoxy groups -OCH3 is 1. The maximum Gasteiger partial charge on any atom is 0.573 e. The standard InChI is InChI=1S/C12H8ClF3N2O3/c1-20-9-4-6(21-12(14,15)16)2-3-7(9)10-17-5-8(13)11(19)18-10/h2-5H,1H3,(H,17,18,19). The first-order chi connectivity index (χ1) is 9.80. The van der Waals surface area contributed by atoms with Gasteiger partial charge in [-0.05, 0) is 12.1 Å². The zero-order valence-electron chi connectivity index (χ0n) is 10.5. The van der Waals surface area contributed by atoms with Gasteiger partial charge in [0.05, 0.1) is 18.9 Å². The molecule has 2 rings (SSSR count). The summed E-state index contributed by atoms with van der Waals surface area (Å²) in [6.45, 7) is 0. The number of H-pyrrole nitrogens is 1. The highest BCUT2D eigenvalue weighted by Gasteiger charge is 2.31. The van der Waals surface area contributed by atoms with Crippen LogP contribution >= 0.6 is 11.6 Å². The van der Waals surface area contributed by atoms with E-state index in [9.17, 15) is 18.0 Å². The van der Waals surface area contributed by atoms with Gasteiger partial charge in [0.2, 0.25) is 0 Å². The summed E-state index contributed by atoms with van der Waals surface area (Å²) in [6.07, 6.45) is -3.67. The average molecular weight is 321 g/mol. The topological polar surface area (TPSA) is 64.2 Å². The van der Waals surface area contributed by atoms with Gasteiger partial charge in [-0.1, -0.05) is 11.6 Å². The molecule has 0 aliphatic heterocycles. The molecule has 2 aromatic rings. The lowest BCUT2D eigenvalue weighted by molar-refractivity contribution is -0.274. The Bertz CT molecular complexity index is 716. The van der Waals surface area contributed by atoms with E-state index in [-0.39, 0.29) is 16.6 Å². The Morgan fingerprint density at radius 3 is 2.62 bits per heavy atom. The molecule has 0 amide bonds. The van der Waals surface area contributed by atoms with Crippen LogP contribution in [0.1, 0.15) is 0 Å². The van der Waals surface area contributed by atoms with E-state index >= 15 is 0 Å². The highest BCUT2D eigenvalue weighted by molar-refractivity contribution is 6.30. The van der Waals surface area contributed by atoms with Crippen LogP contribution in [-0.4, -0.2) is 23.4 Å². The van der Waals surface area contributed by atoms with Gasteiger partial charge in [0.25, 0.3) is 5.56 Å². The average Bonchev–Trinajstić information content (AvgIpc) is 2.40. The number of halogens is 4. The molecule has 0 aliphatic rings. The molecule has 1 aromatic heterocycles. The molecule has 112 valence electrons. The van der Waals surface area contributed by atoms with E-state index in [0.29, 0.717) is 5.56 Å². The van der Waals surface area contributed by atoms with Crippen LogP contribution in [0.5, 0.6) is 11.5 Å². The zero-order chi connectivity index (χ0) is 15.6. The van der Waals surface area contributed by atoms with E-state index in [1.807, 2.05) is 0 Å². The SMILES string of the molecule is COc1cc(OC(F)(F)F)ccc1-c1ncc(Cl)c(=O)[nH]1. The third kappa shape index (κ3) is 3.66. The summed E-state index contributed by atoms with van der Waals surface area (Å²) in [5.41, 5.74) is -0.278. The van der Waals surface area contributed by atoms with E-state index in [1.54, 1.807) is 0 Å². The Labute approximate surface area is 121 Å². The number of nitrogens with one attached hydrogen (secondary N) is 1. The van der Waals surface area contributed by atoms with E-state index in [4.69, 9.17) is 16.3 Å². The quantitative estimate of drug-likeness (QED) is 0.944. The molecule has 0 saturated heterocycles. The number of benzene rings is 1. The monoisotopic (exact) mass is 320 g/mol. The van der Waals surface area contributed by atoms with E-state index in [2.05, 4.69) is 14.7 Å². The molecule has 1 heterocycles. The minimum atomic E-state index is -4.81. The lowest BCUT2D eigenvalue weighted by Gasteiger charge is -2.12. The van der Waals surface area contributed by atoms with Crippen molar-refractivity contribution in [1.29, 1.82) is 0 Å². The molecule has 0 radical (unpaired) electrons. The number of aromatic nitrogens is 2. The molecule has 0 aliphatic carbocycles. The molecule has 0 spiro atoms. The van der Waals surface area contributed by atoms with Crippen LogP contribution in [0.15, 0.2) is 29.2 Å². The van der Waals surface area contributed by atoms with Gasteiger partial charge in [0.15, 0.2) is 0 Å². The van der Waals surface area contributed by atoms with Crippen LogP contribution in [-0.2, 0) is 0 Å². The predicted molar refractivity (Wildman–Crippen MR) is 68.5 cm³/mol. The summed E-state index contributed by atoms with van der Waals surface area (Å²) in [5.74, 6) is -0.276. The van der Waals surface area contributed by atoms with Crippen molar-refractivity contribution in [2.24, 2.45) is 0 Å². The van der Waals surface area contributed by atoms with E-state index in [0.717, 1.165) is 18.3 Å². The van der Waals surface area contributed by atoms with Gasteiger partial charge in [0.1, 0.15) is 22.3 Å². The van der Waals surface area contributed by atoms with Crippen LogP contribution in [0.4, 0.5) is 13.2 Å². The molecule has 0 bridgehead atoms. The maximum atomic E-state index is 12.2. The van der Waals surface area contributed by atoms with Crippen molar-refractivity contribution in [3.8, 4) is 22.9 Å². The van der Waals surface area contributed by atoms with E-state index in [1.165, 1.54) is 13.2 Å². The molecular formula is C12H8ClF3N2O3. The molecule has 9 heteroatoms. The van der Waals surface area contributed by atoms with Gasteiger partial charge < -0.3 is 14.5 Å². The minimum Gasteiger partial charge on any atom is -0.496 e. The predicted octanol–water partition coefficient (Wildman–Crippen LogP) is 3.00. The van der Waals surface area contributed by atoms with Crippen LogP contribution in [0.2, 0.25) is 5.02 Å². The normalized spacial score (nSPS) is 11.3. The van der Waals surface area contributed by atoms with Crippen molar-refractivity contribution in [3.63, 3.8) is 0 Å². The molecule has 0 saturated carbocycles.